The number of aliphatic hydroxyl groups is 1. The van der Waals surface area contributed by atoms with Crippen LogP contribution in [-0.4, -0.2) is 81.2 Å². The number of aliphatic hydroxyl groups excluding tert-OH is 1. The summed E-state index contributed by atoms with van der Waals surface area (Å²) in [6.07, 6.45) is 0.646. The summed E-state index contributed by atoms with van der Waals surface area (Å²) >= 11 is 0. The quantitative estimate of drug-likeness (QED) is 0.349. The molecule has 186 valence electrons. The third-order valence-electron chi connectivity index (χ3n) is 6.09. The van der Waals surface area contributed by atoms with Crippen LogP contribution in [0, 0.1) is 0 Å². The van der Waals surface area contributed by atoms with Gasteiger partial charge >= 0.3 is 0 Å². The maximum absolute atomic E-state index is 13.3. The zero-order chi connectivity index (χ0) is 25.1. The number of hydrogen-bond donors (Lipinski definition) is 1. The van der Waals surface area contributed by atoms with Crippen LogP contribution in [0.3, 0.4) is 0 Å². The van der Waals surface area contributed by atoms with E-state index in [1.807, 2.05) is 19.0 Å². The Kier molecular flexibility index (Phi) is 7.16. The van der Waals surface area contributed by atoms with E-state index in [0.29, 0.717) is 60.3 Å². The number of para-hydroxylation sites is 1. The molecule has 1 atom stereocenters. The van der Waals surface area contributed by atoms with Gasteiger partial charge in [0.1, 0.15) is 19.0 Å². The smallest absolute Gasteiger partial charge is 0.295 e. The van der Waals surface area contributed by atoms with Gasteiger partial charge in [0, 0.05) is 17.7 Å². The molecule has 1 N–H and O–H groups in total. The maximum atomic E-state index is 13.3. The summed E-state index contributed by atoms with van der Waals surface area (Å²) in [5.74, 6) is 0.176. The lowest BCUT2D eigenvalue weighted by molar-refractivity contribution is -0.140. The lowest BCUT2D eigenvalue weighted by Gasteiger charge is -2.27. The summed E-state index contributed by atoms with van der Waals surface area (Å²) in [5, 5.41) is 11.4. The molecule has 4 rings (SSSR count). The molecule has 0 saturated carbocycles. The van der Waals surface area contributed by atoms with Crippen molar-refractivity contribution < 1.29 is 33.6 Å². The molecule has 2 aromatic rings. The van der Waals surface area contributed by atoms with Crippen molar-refractivity contribution >= 4 is 17.4 Å². The van der Waals surface area contributed by atoms with Crippen molar-refractivity contribution in [1.29, 1.82) is 0 Å². The van der Waals surface area contributed by atoms with Gasteiger partial charge in [-0.2, -0.15) is 0 Å². The molecule has 1 amide bonds. The molecular weight excluding hydrogens is 452 g/mol. The van der Waals surface area contributed by atoms with Crippen molar-refractivity contribution in [2.75, 3.05) is 54.6 Å². The molecule has 2 aliphatic heterocycles. The Morgan fingerprint density at radius 2 is 1.83 bits per heavy atom. The Morgan fingerprint density at radius 3 is 2.51 bits per heavy atom. The van der Waals surface area contributed by atoms with Crippen molar-refractivity contribution in [3.8, 4) is 23.0 Å². The third kappa shape index (κ3) is 4.64. The number of benzene rings is 2. The largest absolute Gasteiger partial charge is 0.507 e. The van der Waals surface area contributed by atoms with Crippen molar-refractivity contribution in [2.24, 2.45) is 0 Å². The van der Waals surface area contributed by atoms with Crippen molar-refractivity contribution in [2.45, 2.75) is 12.5 Å². The number of ketones is 1. The predicted molar refractivity (Wildman–Crippen MR) is 129 cm³/mol. The highest BCUT2D eigenvalue weighted by molar-refractivity contribution is 6.46. The zero-order valence-electron chi connectivity index (χ0n) is 20.4. The monoisotopic (exact) mass is 482 g/mol. The van der Waals surface area contributed by atoms with Gasteiger partial charge in [0.05, 0.1) is 25.8 Å². The highest BCUT2D eigenvalue weighted by atomic mass is 16.6. The molecule has 0 unspecified atom stereocenters. The molecular formula is C26H30N2O7. The van der Waals surface area contributed by atoms with Gasteiger partial charge in [0.25, 0.3) is 11.7 Å². The molecule has 0 aromatic heterocycles. The number of nitrogens with zero attached hydrogens (tertiary/aromatic N) is 2. The molecule has 2 heterocycles. The molecule has 9 nitrogen and oxygen atoms in total. The molecule has 2 aliphatic rings. The van der Waals surface area contributed by atoms with Crippen LogP contribution in [0.25, 0.3) is 5.76 Å². The molecule has 35 heavy (non-hydrogen) atoms. The summed E-state index contributed by atoms with van der Waals surface area (Å²) in [7, 11) is 6.91. The van der Waals surface area contributed by atoms with E-state index < -0.39 is 17.7 Å². The van der Waals surface area contributed by atoms with Crippen molar-refractivity contribution in [3.05, 3.63) is 53.1 Å². The number of carbonyl (C=O) groups excluding carboxylic acids is 2. The van der Waals surface area contributed by atoms with E-state index in [1.165, 1.54) is 19.1 Å². The van der Waals surface area contributed by atoms with E-state index in [-0.39, 0.29) is 11.3 Å². The van der Waals surface area contributed by atoms with Crippen LogP contribution < -0.4 is 18.9 Å². The van der Waals surface area contributed by atoms with Gasteiger partial charge in [-0.25, -0.2) is 0 Å². The summed E-state index contributed by atoms with van der Waals surface area (Å²) in [4.78, 5) is 30.0. The maximum Gasteiger partial charge on any atom is 0.295 e. The second-order valence-electron chi connectivity index (χ2n) is 8.59. The van der Waals surface area contributed by atoms with Gasteiger partial charge in [-0.1, -0.05) is 12.1 Å². The van der Waals surface area contributed by atoms with Gasteiger partial charge in [-0.15, -0.1) is 0 Å². The number of carbonyl (C=O) groups is 2. The molecule has 0 radical (unpaired) electrons. The van der Waals surface area contributed by atoms with E-state index in [2.05, 4.69) is 0 Å². The minimum Gasteiger partial charge on any atom is -0.507 e. The third-order valence-corrected chi connectivity index (χ3v) is 6.09. The van der Waals surface area contributed by atoms with Crippen molar-refractivity contribution in [1.82, 2.24) is 9.80 Å². The lowest BCUT2D eigenvalue weighted by atomic mass is 9.94. The van der Waals surface area contributed by atoms with Gasteiger partial charge in [-0.05, 0) is 51.3 Å². The molecule has 0 aliphatic carbocycles. The fourth-order valence-electron chi connectivity index (χ4n) is 4.46. The number of likely N-dealkylation sites (tertiary alicyclic amines) is 1. The van der Waals surface area contributed by atoms with Crippen LogP contribution in [-0.2, 0) is 9.59 Å². The molecule has 1 fully saturated rings. The first kappa shape index (κ1) is 24.4. The summed E-state index contributed by atoms with van der Waals surface area (Å²) < 4.78 is 22.3. The highest BCUT2D eigenvalue weighted by Gasteiger charge is 2.47. The normalized spacial score (nSPS) is 18.8. The van der Waals surface area contributed by atoms with E-state index >= 15 is 0 Å². The molecule has 2 aromatic carbocycles. The average Bonchev–Trinajstić information content (AvgIpc) is 3.12. The van der Waals surface area contributed by atoms with E-state index in [9.17, 15) is 14.7 Å². The lowest BCUT2D eigenvalue weighted by Crippen LogP contribution is -2.32. The topological polar surface area (TPSA) is 97.8 Å². The van der Waals surface area contributed by atoms with Crippen LogP contribution in [0.1, 0.15) is 23.6 Å². The van der Waals surface area contributed by atoms with Crippen LogP contribution in [0.2, 0.25) is 0 Å². The second-order valence-corrected chi connectivity index (χ2v) is 8.59. The minimum absolute atomic E-state index is 0.0110. The summed E-state index contributed by atoms with van der Waals surface area (Å²) in [5.41, 5.74) is 0.894. The summed E-state index contributed by atoms with van der Waals surface area (Å²) in [6.45, 7) is 1.87. The molecule has 0 spiro atoms. The number of ether oxygens (including phenoxy) is 4. The number of rotatable bonds is 8. The number of Topliss-reactive ketones (excluding diaryl/α,β-unsaturated/α-hetero) is 1. The van der Waals surface area contributed by atoms with Crippen molar-refractivity contribution in [3.63, 3.8) is 0 Å². The molecule has 1 saturated heterocycles. The predicted octanol–water partition coefficient (Wildman–Crippen LogP) is 2.85. The number of methoxy groups -OCH3 is 2. The minimum atomic E-state index is -0.851. The van der Waals surface area contributed by atoms with Crippen LogP contribution in [0.15, 0.2) is 42.0 Å². The Bertz CT molecular complexity index is 1160. The van der Waals surface area contributed by atoms with Gasteiger partial charge in [0.2, 0.25) is 0 Å². The van der Waals surface area contributed by atoms with Crippen LogP contribution in [0.5, 0.6) is 23.0 Å². The zero-order valence-corrected chi connectivity index (χ0v) is 20.4. The van der Waals surface area contributed by atoms with Gasteiger partial charge in [-0.3, -0.25) is 9.59 Å². The standard InChI is InChI=1S/C26H30N2O7/c1-27(2)11-6-12-28-22(17-7-5-8-19(32-3)25(17)33-4)21(24(30)26(28)31)23(29)16-9-10-18-20(15-16)35-14-13-34-18/h5,7-10,15,22,29H,6,11-14H2,1-4H3/t22-/m1/s1. The van der Waals surface area contributed by atoms with E-state index in [4.69, 9.17) is 18.9 Å². The molecule has 9 heteroatoms. The van der Waals surface area contributed by atoms with E-state index in [0.717, 1.165) is 6.54 Å². The van der Waals surface area contributed by atoms with Gasteiger partial charge in [0.15, 0.2) is 23.0 Å². The fraction of sp³-hybridized carbons (Fsp3) is 0.385. The first-order valence-electron chi connectivity index (χ1n) is 11.4. The molecule has 0 bridgehead atoms. The average molecular weight is 483 g/mol. The second kappa shape index (κ2) is 10.3. The first-order chi connectivity index (χ1) is 16.9. The summed E-state index contributed by atoms with van der Waals surface area (Å²) in [6, 6.07) is 9.36. The number of hydrogen-bond acceptors (Lipinski definition) is 8. The Hall–Kier alpha value is -3.72. The van der Waals surface area contributed by atoms with E-state index in [1.54, 1.807) is 36.4 Å². The highest BCUT2D eigenvalue weighted by Crippen LogP contribution is 2.46. The van der Waals surface area contributed by atoms with Gasteiger partial charge < -0.3 is 33.9 Å². The number of fused-ring (bicyclic) bond motifs is 1. The Balaban J connectivity index is 1.86. The van der Waals surface area contributed by atoms with Crippen LogP contribution >= 0.6 is 0 Å². The fourth-order valence-corrected chi connectivity index (χ4v) is 4.46. The first-order valence-corrected chi connectivity index (χ1v) is 11.4. The Labute approximate surface area is 204 Å². The Morgan fingerprint density at radius 1 is 1.09 bits per heavy atom. The SMILES string of the molecule is COc1cccc([C@@H]2C(=C(O)c3ccc4c(c3)OCCO4)C(=O)C(=O)N2CCCN(C)C)c1OC. The van der Waals surface area contributed by atoms with Crippen LogP contribution in [0.4, 0.5) is 0 Å². The number of amides is 1.